The number of amides is 1. The highest BCUT2D eigenvalue weighted by Crippen LogP contribution is 2.31. The van der Waals surface area contributed by atoms with Gasteiger partial charge < -0.3 is 24.6 Å². The molecule has 15 heteroatoms. The highest BCUT2D eigenvalue weighted by molar-refractivity contribution is 6.01. The van der Waals surface area contributed by atoms with Crippen molar-refractivity contribution >= 4 is 29.5 Å². The zero-order chi connectivity index (χ0) is 31.2. The molecule has 42 heavy (non-hydrogen) atoms. The minimum absolute atomic E-state index is 0.0205. The molecule has 0 aliphatic heterocycles. The summed E-state index contributed by atoms with van der Waals surface area (Å²) < 4.78 is 93.4. The third-order valence-electron chi connectivity index (χ3n) is 5.43. The average molecular weight is 599 g/mol. The molecule has 0 heterocycles. The monoisotopic (exact) mass is 599 g/mol. The zero-order valence-corrected chi connectivity index (χ0v) is 21.2. The Morgan fingerprint density at radius 2 is 1.19 bits per heavy atom. The smallest absolute Gasteiger partial charge is 0.416 e. The number of hydrogen-bond donors (Lipinski definition) is 2. The Bertz CT molecular complexity index is 1490. The van der Waals surface area contributed by atoms with E-state index in [0.29, 0.717) is 24.3 Å². The van der Waals surface area contributed by atoms with Gasteiger partial charge in [0.1, 0.15) is 5.75 Å². The van der Waals surface area contributed by atoms with Crippen LogP contribution in [0.4, 0.5) is 32.0 Å². The van der Waals surface area contributed by atoms with E-state index >= 15 is 0 Å². The van der Waals surface area contributed by atoms with Crippen molar-refractivity contribution < 1.29 is 64.8 Å². The van der Waals surface area contributed by atoms with Gasteiger partial charge in [-0.1, -0.05) is 18.2 Å². The summed E-state index contributed by atoms with van der Waals surface area (Å²) in [5.41, 5.74) is -4.05. The van der Waals surface area contributed by atoms with E-state index in [1.54, 1.807) is 0 Å². The van der Waals surface area contributed by atoms with Crippen LogP contribution in [-0.4, -0.2) is 48.2 Å². The number of carbonyl (C=O) groups excluding carboxylic acids is 3. The van der Waals surface area contributed by atoms with Gasteiger partial charge in [-0.3, -0.25) is 4.79 Å². The van der Waals surface area contributed by atoms with Crippen molar-refractivity contribution in [1.29, 1.82) is 0 Å². The van der Waals surface area contributed by atoms with Gasteiger partial charge in [-0.15, -0.1) is 0 Å². The fourth-order valence-corrected chi connectivity index (χ4v) is 3.42. The average Bonchev–Trinajstić information content (AvgIpc) is 2.93. The third kappa shape index (κ3) is 7.99. The SMILES string of the molecule is COc1cccc(NC(=O)[C@H](OC(=O)c2cccc(C(F)(F)F)c2)[C@@H](OC(=O)c2cccc(C(F)(F)F)c2)C(=O)O)c1. The molecule has 3 aromatic carbocycles. The second-order valence-corrected chi connectivity index (χ2v) is 8.37. The number of carboxylic acids is 1. The number of ether oxygens (including phenoxy) is 3. The standard InChI is InChI=1S/C27H19F6NO8/c1-40-19-10-4-9-18(13-19)34-22(35)20(41-24(38)14-5-2-7-16(11-14)26(28,29)30)21(23(36)37)42-25(39)15-6-3-8-17(12-15)27(31,32)33/h2-13,20-21H,1H3,(H,34,35)(H,36,37)/t20-,21-/m1/s1. The first-order chi connectivity index (χ1) is 19.6. The Morgan fingerprint density at radius 3 is 1.64 bits per heavy atom. The molecule has 2 atom stereocenters. The van der Waals surface area contributed by atoms with Crippen molar-refractivity contribution in [3.05, 3.63) is 95.1 Å². The van der Waals surface area contributed by atoms with Gasteiger partial charge in [-0.2, -0.15) is 26.3 Å². The molecule has 1 amide bonds. The van der Waals surface area contributed by atoms with Crippen LogP contribution in [0.3, 0.4) is 0 Å². The molecule has 222 valence electrons. The maximum Gasteiger partial charge on any atom is 0.416 e. The maximum atomic E-state index is 13.1. The number of carboxylic acid groups (broad SMARTS) is 1. The maximum absolute atomic E-state index is 13.1. The Hall–Kier alpha value is -5.08. The number of alkyl halides is 6. The van der Waals surface area contributed by atoms with Crippen LogP contribution >= 0.6 is 0 Å². The summed E-state index contributed by atoms with van der Waals surface area (Å²) in [4.78, 5) is 50.7. The minimum Gasteiger partial charge on any atom is -0.497 e. The molecular weight excluding hydrogens is 580 g/mol. The molecule has 0 unspecified atom stereocenters. The quantitative estimate of drug-likeness (QED) is 0.254. The molecule has 2 N–H and O–H groups in total. The van der Waals surface area contributed by atoms with Crippen LogP contribution in [0.5, 0.6) is 5.75 Å². The largest absolute Gasteiger partial charge is 0.497 e. The van der Waals surface area contributed by atoms with Crippen LogP contribution in [0.25, 0.3) is 0 Å². The lowest BCUT2D eigenvalue weighted by Crippen LogP contribution is -2.48. The molecule has 0 spiro atoms. The van der Waals surface area contributed by atoms with Crippen LogP contribution in [0.15, 0.2) is 72.8 Å². The van der Waals surface area contributed by atoms with E-state index in [0.717, 1.165) is 24.3 Å². The predicted molar refractivity (Wildman–Crippen MR) is 131 cm³/mol. The van der Waals surface area contributed by atoms with Gasteiger partial charge in [-0.05, 0) is 48.5 Å². The predicted octanol–water partition coefficient (Wildman–Crippen LogP) is 5.21. The van der Waals surface area contributed by atoms with E-state index in [4.69, 9.17) is 14.2 Å². The number of nitrogens with one attached hydrogen (secondary N) is 1. The highest BCUT2D eigenvalue weighted by Gasteiger charge is 2.42. The second kappa shape index (κ2) is 12.6. The lowest BCUT2D eigenvalue weighted by Gasteiger charge is -2.24. The molecule has 0 aliphatic carbocycles. The van der Waals surface area contributed by atoms with E-state index in [2.05, 4.69) is 5.32 Å². The number of halogens is 6. The number of rotatable bonds is 9. The number of aliphatic carboxylic acids is 1. The van der Waals surface area contributed by atoms with Crippen LogP contribution in [-0.2, 0) is 31.4 Å². The van der Waals surface area contributed by atoms with Gasteiger partial charge in [0.2, 0.25) is 12.2 Å². The number of benzene rings is 3. The molecule has 0 fully saturated rings. The van der Waals surface area contributed by atoms with E-state index in [-0.39, 0.29) is 11.4 Å². The zero-order valence-electron chi connectivity index (χ0n) is 21.2. The molecular formula is C27H19F6NO8. The van der Waals surface area contributed by atoms with E-state index in [1.165, 1.54) is 31.4 Å². The Morgan fingerprint density at radius 1 is 0.714 bits per heavy atom. The summed E-state index contributed by atoms with van der Waals surface area (Å²) in [5.74, 6) is -6.49. The van der Waals surface area contributed by atoms with Crippen LogP contribution < -0.4 is 10.1 Å². The summed E-state index contributed by atoms with van der Waals surface area (Å²) in [5, 5.41) is 12.0. The molecule has 3 aromatic rings. The minimum atomic E-state index is -4.87. The van der Waals surface area contributed by atoms with Crippen molar-refractivity contribution in [1.82, 2.24) is 0 Å². The third-order valence-corrected chi connectivity index (χ3v) is 5.43. The van der Waals surface area contributed by atoms with E-state index in [1.807, 2.05) is 0 Å². The Labute approximate surface area is 232 Å². The van der Waals surface area contributed by atoms with Gasteiger partial charge in [0, 0.05) is 11.8 Å². The molecule has 0 saturated carbocycles. The fourth-order valence-electron chi connectivity index (χ4n) is 3.42. The first-order valence-electron chi connectivity index (χ1n) is 11.5. The number of esters is 2. The lowest BCUT2D eigenvalue weighted by molar-refractivity contribution is -0.157. The molecule has 0 bridgehead atoms. The molecule has 0 radical (unpaired) electrons. The van der Waals surface area contributed by atoms with Crippen molar-refractivity contribution in [3.63, 3.8) is 0 Å². The van der Waals surface area contributed by atoms with Crippen LogP contribution in [0, 0.1) is 0 Å². The summed E-state index contributed by atoms with van der Waals surface area (Å²) in [7, 11) is 1.30. The Kier molecular flexibility index (Phi) is 9.45. The molecule has 0 aliphatic rings. The van der Waals surface area contributed by atoms with Gasteiger partial charge in [0.15, 0.2) is 0 Å². The Balaban J connectivity index is 1.98. The first kappa shape index (κ1) is 31.4. The van der Waals surface area contributed by atoms with Gasteiger partial charge in [-0.25, -0.2) is 14.4 Å². The van der Waals surface area contributed by atoms with Crippen LogP contribution in [0.2, 0.25) is 0 Å². The molecule has 3 rings (SSSR count). The number of methoxy groups -OCH3 is 1. The van der Waals surface area contributed by atoms with E-state index in [9.17, 15) is 50.6 Å². The van der Waals surface area contributed by atoms with Crippen LogP contribution in [0.1, 0.15) is 31.8 Å². The fraction of sp³-hybridized carbons (Fsp3) is 0.185. The number of carbonyl (C=O) groups is 4. The van der Waals surface area contributed by atoms with Crippen molar-refractivity contribution in [3.8, 4) is 5.75 Å². The summed E-state index contributed by atoms with van der Waals surface area (Å²) >= 11 is 0. The summed E-state index contributed by atoms with van der Waals surface area (Å²) in [6.45, 7) is 0. The molecule has 9 nitrogen and oxygen atoms in total. The lowest BCUT2D eigenvalue weighted by atomic mass is 10.1. The summed E-state index contributed by atoms with van der Waals surface area (Å²) in [6, 6.07) is 11.0. The normalized spacial score (nSPS) is 12.9. The topological polar surface area (TPSA) is 128 Å². The number of hydrogen-bond acceptors (Lipinski definition) is 7. The van der Waals surface area contributed by atoms with E-state index < -0.39 is 70.6 Å². The first-order valence-corrected chi connectivity index (χ1v) is 11.5. The van der Waals surface area contributed by atoms with Gasteiger partial charge in [0.25, 0.3) is 5.91 Å². The summed E-state index contributed by atoms with van der Waals surface area (Å²) in [6.07, 6.45) is -14.9. The molecule has 0 aromatic heterocycles. The van der Waals surface area contributed by atoms with Crippen molar-refractivity contribution in [2.75, 3.05) is 12.4 Å². The van der Waals surface area contributed by atoms with Crippen molar-refractivity contribution in [2.45, 2.75) is 24.6 Å². The highest BCUT2D eigenvalue weighted by atomic mass is 19.4. The molecule has 0 saturated heterocycles. The van der Waals surface area contributed by atoms with Gasteiger partial charge in [0.05, 0.1) is 29.4 Å². The second-order valence-electron chi connectivity index (χ2n) is 8.37. The van der Waals surface area contributed by atoms with Gasteiger partial charge >= 0.3 is 30.3 Å². The van der Waals surface area contributed by atoms with Crippen molar-refractivity contribution in [2.24, 2.45) is 0 Å². The number of anilines is 1.